The lowest BCUT2D eigenvalue weighted by Crippen LogP contribution is -1.83. The van der Waals surface area contributed by atoms with E-state index in [1.807, 2.05) is 6.20 Å². The first kappa shape index (κ1) is 4.49. The first-order chi connectivity index (χ1) is 4.47. The van der Waals surface area contributed by atoms with E-state index >= 15 is 0 Å². The zero-order valence-corrected chi connectivity index (χ0v) is 4.65. The summed E-state index contributed by atoms with van der Waals surface area (Å²) in [6.07, 6.45) is 6.92. The molecule has 2 heterocycles. The zero-order valence-electron chi connectivity index (χ0n) is 4.65. The third-order valence-corrected chi connectivity index (χ3v) is 1.12. The first-order valence-corrected chi connectivity index (χ1v) is 2.61. The molecule has 0 amide bonds. The van der Waals surface area contributed by atoms with E-state index in [0.29, 0.717) is 5.78 Å². The SMILES string of the molecule is [c]1cnc2nccn2c1. The Labute approximate surface area is 52.0 Å². The van der Waals surface area contributed by atoms with E-state index in [1.54, 1.807) is 23.0 Å². The van der Waals surface area contributed by atoms with Crippen LogP contribution >= 0.6 is 0 Å². The Morgan fingerprint density at radius 3 is 3.33 bits per heavy atom. The van der Waals surface area contributed by atoms with Crippen molar-refractivity contribution in [3.63, 3.8) is 0 Å². The number of fused-ring (bicyclic) bond motifs is 1. The van der Waals surface area contributed by atoms with Gasteiger partial charge in [-0.25, -0.2) is 9.97 Å². The van der Waals surface area contributed by atoms with Gasteiger partial charge in [0.2, 0.25) is 5.78 Å². The summed E-state index contributed by atoms with van der Waals surface area (Å²) >= 11 is 0. The Morgan fingerprint density at radius 1 is 1.44 bits per heavy atom. The molecule has 0 aliphatic heterocycles. The Hall–Kier alpha value is -1.38. The number of hydrogen-bond acceptors (Lipinski definition) is 2. The van der Waals surface area contributed by atoms with Gasteiger partial charge in [0.15, 0.2) is 0 Å². The topological polar surface area (TPSA) is 30.2 Å². The van der Waals surface area contributed by atoms with Gasteiger partial charge in [-0.1, -0.05) is 0 Å². The van der Waals surface area contributed by atoms with Crippen molar-refractivity contribution in [1.82, 2.24) is 14.4 Å². The van der Waals surface area contributed by atoms with Crippen molar-refractivity contribution in [3.05, 3.63) is 30.9 Å². The molecule has 43 valence electrons. The van der Waals surface area contributed by atoms with Crippen LogP contribution in [0, 0.1) is 6.07 Å². The van der Waals surface area contributed by atoms with Gasteiger partial charge >= 0.3 is 0 Å². The normalized spacial score (nSPS) is 10.2. The third kappa shape index (κ3) is 0.579. The van der Waals surface area contributed by atoms with Crippen molar-refractivity contribution >= 4 is 5.78 Å². The van der Waals surface area contributed by atoms with Gasteiger partial charge in [0.05, 0.1) is 0 Å². The van der Waals surface area contributed by atoms with E-state index in [-0.39, 0.29) is 0 Å². The highest BCUT2D eigenvalue weighted by Gasteiger charge is 1.87. The zero-order chi connectivity index (χ0) is 6.10. The largest absolute Gasteiger partial charge is 0.291 e. The molecular weight excluding hydrogens is 114 g/mol. The van der Waals surface area contributed by atoms with Gasteiger partial charge in [0.1, 0.15) is 0 Å². The standard InChI is InChI=1S/C6H4N3/c1-2-7-6-8-3-5-9(6)4-1/h2-5H. The molecule has 0 bridgehead atoms. The van der Waals surface area contributed by atoms with Crippen molar-refractivity contribution in [2.24, 2.45) is 0 Å². The maximum absolute atomic E-state index is 3.95. The van der Waals surface area contributed by atoms with Crippen LogP contribution in [0.15, 0.2) is 24.8 Å². The van der Waals surface area contributed by atoms with Crippen LogP contribution in [-0.2, 0) is 0 Å². The molecule has 2 rings (SSSR count). The van der Waals surface area contributed by atoms with Crippen LogP contribution in [0.5, 0.6) is 0 Å². The lowest BCUT2D eigenvalue weighted by Gasteiger charge is -1.85. The average molecular weight is 118 g/mol. The van der Waals surface area contributed by atoms with Gasteiger partial charge in [0, 0.05) is 30.9 Å². The van der Waals surface area contributed by atoms with Crippen molar-refractivity contribution in [3.8, 4) is 0 Å². The molecule has 0 fully saturated rings. The monoisotopic (exact) mass is 118 g/mol. The Bertz CT molecular complexity index is 282. The average Bonchev–Trinajstić information content (AvgIpc) is 2.33. The molecule has 2 aromatic heterocycles. The molecule has 0 saturated heterocycles. The first-order valence-electron chi connectivity index (χ1n) is 2.61. The molecule has 0 N–H and O–H groups in total. The molecule has 0 saturated carbocycles. The minimum Gasteiger partial charge on any atom is -0.291 e. The van der Waals surface area contributed by atoms with Crippen molar-refractivity contribution < 1.29 is 0 Å². The molecule has 0 aromatic carbocycles. The van der Waals surface area contributed by atoms with E-state index < -0.39 is 0 Å². The van der Waals surface area contributed by atoms with Gasteiger partial charge in [-0.2, -0.15) is 0 Å². The maximum Gasteiger partial charge on any atom is 0.233 e. The molecule has 3 heteroatoms. The highest BCUT2D eigenvalue weighted by molar-refractivity contribution is 5.25. The van der Waals surface area contributed by atoms with Crippen LogP contribution in [0.4, 0.5) is 0 Å². The second-order valence-corrected chi connectivity index (χ2v) is 1.69. The van der Waals surface area contributed by atoms with Crippen LogP contribution in [0.25, 0.3) is 5.78 Å². The minimum atomic E-state index is 0.716. The molecule has 0 aliphatic rings. The molecule has 1 radical (unpaired) electrons. The van der Waals surface area contributed by atoms with Crippen molar-refractivity contribution in [1.29, 1.82) is 0 Å². The second-order valence-electron chi connectivity index (χ2n) is 1.69. The highest BCUT2D eigenvalue weighted by atomic mass is 15.1. The molecule has 0 atom stereocenters. The van der Waals surface area contributed by atoms with Gasteiger partial charge in [-0.3, -0.25) is 4.40 Å². The molecule has 2 aromatic rings. The fourth-order valence-electron chi connectivity index (χ4n) is 0.715. The van der Waals surface area contributed by atoms with Gasteiger partial charge in [0.25, 0.3) is 0 Å². The van der Waals surface area contributed by atoms with Crippen LogP contribution in [0.1, 0.15) is 0 Å². The summed E-state index contributed by atoms with van der Waals surface area (Å²) in [4.78, 5) is 7.89. The predicted molar refractivity (Wildman–Crippen MR) is 31.8 cm³/mol. The Morgan fingerprint density at radius 2 is 2.44 bits per heavy atom. The minimum absolute atomic E-state index is 0.716. The number of aromatic nitrogens is 3. The van der Waals surface area contributed by atoms with E-state index in [2.05, 4.69) is 16.0 Å². The van der Waals surface area contributed by atoms with Gasteiger partial charge in [-0.05, 0) is 0 Å². The maximum atomic E-state index is 3.95. The Balaban J connectivity index is 2.95. The van der Waals surface area contributed by atoms with Crippen molar-refractivity contribution in [2.75, 3.05) is 0 Å². The number of imidazole rings is 1. The summed E-state index contributed by atoms with van der Waals surface area (Å²) in [5, 5.41) is 0. The van der Waals surface area contributed by atoms with Crippen LogP contribution in [0.2, 0.25) is 0 Å². The number of nitrogens with zero attached hydrogens (tertiary/aromatic N) is 3. The lowest BCUT2D eigenvalue weighted by atomic mass is 10.7. The fraction of sp³-hybridized carbons (Fsp3) is 0. The third-order valence-electron chi connectivity index (χ3n) is 1.12. The van der Waals surface area contributed by atoms with Crippen molar-refractivity contribution in [2.45, 2.75) is 0 Å². The predicted octanol–water partition coefficient (Wildman–Crippen LogP) is 0.529. The second kappa shape index (κ2) is 1.55. The highest BCUT2D eigenvalue weighted by Crippen LogP contribution is 1.91. The van der Waals surface area contributed by atoms with E-state index in [1.165, 1.54) is 0 Å². The summed E-state index contributed by atoms with van der Waals surface area (Å²) in [5.41, 5.74) is 0. The van der Waals surface area contributed by atoms with Crippen LogP contribution in [-0.4, -0.2) is 14.4 Å². The molecule has 0 unspecified atom stereocenters. The molecule has 3 nitrogen and oxygen atoms in total. The molecule has 0 aliphatic carbocycles. The van der Waals surface area contributed by atoms with E-state index in [4.69, 9.17) is 0 Å². The molecular formula is C6H4N3. The van der Waals surface area contributed by atoms with E-state index in [9.17, 15) is 0 Å². The Kier molecular flexibility index (Phi) is 0.773. The smallest absolute Gasteiger partial charge is 0.233 e. The van der Waals surface area contributed by atoms with Crippen LogP contribution < -0.4 is 0 Å². The summed E-state index contributed by atoms with van der Waals surface area (Å²) in [6, 6.07) is 2.83. The van der Waals surface area contributed by atoms with Crippen LogP contribution in [0.3, 0.4) is 0 Å². The lowest BCUT2D eigenvalue weighted by molar-refractivity contribution is 1.10. The quantitative estimate of drug-likeness (QED) is 0.505. The summed E-state index contributed by atoms with van der Waals surface area (Å²) in [7, 11) is 0. The van der Waals surface area contributed by atoms with Gasteiger partial charge < -0.3 is 0 Å². The molecule has 9 heavy (non-hydrogen) atoms. The fourth-order valence-corrected chi connectivity index (χ4v) is 0.715. The summed E-state index contributed by atoms with van der Waals surface area (Å²) in [5.74, 6) is 0.716. The summed E-state index contributed by atoms with van der Waals surface area (Å²) < 4.78 is 1.81. The molecule has 0 spiro atoms. The van der Waals surface area contributed by atoms with E-state index in [0.717, 1.165) is 0 Å². The number of rotatable bonds is 0. The summed E-state index contributed by atoms with van der Waals surface area (Å²) in [6.45, 7) is 0. The number of hydrogen-bond donors (Lipinski definition) is 0. The van der Waals surface area contributed by atoms with Gasteiger partial charge in [-0.15, -0.1) is 0 Å².